The summed E-state index contributed by atoms with van der Waals surface area (Å²) in [6.45, 7) is 0. The first kappa shape index (κ1) is 13.8. The van der Waals surface area contributed by atoms with Gasteiger partial charge in [-0.2, -0.15) is 11.3 Å². The second kappa shape index (κ2) is 6.50. The molecule has 0 saturated heterocycles. The normalized spacial score (nSPS) is 10.5. The average molecular weight is 278 g/mol. The lowest BCUT2D eigenvalue weighted by molar-refractivity contribution is 1.26. The van der Waals surface area contributed by atoms with Crippen molar-refractivity contribution in [3.05, 3.63) is 82.6 Å². The summed E-state index contributed by atoms with van der Waals surface area (Å²) >= 11 is 1.71. The molecule has 0 saturated carbocycles. The van der Waals surface area contributed by atoms with Crippen LogP contribution in [-0.2, 0) is 6.42 Å². The van der Waals surface area contributed by atoms with Crippen LogP contribution in [0.5, 0.6) is 0 Å². The molecule has 0 atom stereocenters. The molecule has 0 amide bonds. The second-order valence-corrected chi connectivity index (χ2v) is 5.10. The molecule has 0 spiro atoms. The highest BCUT2D eigenvalue weighted by Gasteiger charge is 2.15. The van der Waals surface area contributed by atoms with Gasteiger partial charge in [0.2, 0.25) is 0 Å². The molecule has 1 heterocycles. The molecule has 0 nitrogen and oxygen atoms in total. The van der Waals surface area contributed by atoms with Crippen molar-refractivity contribution >= 4 is 22.3 Å². The maximum absolute atomic E-state index is 2.22. The molecule has 4 rings (SSSR count). The summed E-state index contributed by atoms with van der Waals surface area (Å²) in [6.07, 6.45) is 1.10. The molecule has 0 unspecified atom stereocenters. The Hall–Kier alpha value is -1.64. The minimum atomic E-state index is 0. The van der Waals surface area contributed by atoms with E-state index in [9.17, 15) is 0 Å². The summed E-state index contributed by atoms with van der Waals surface area (Å²) < 4.78 is 0. The fourth-order valence-electron chi connectivity index (χ4n) is 2.31. The lowest BCUT2D eigenvalue weighted by atomic mass is 10.1. The van der Waals surface area contributed by atoms with Crippen LogP contribution in [0.2, 0.25) is 0 Å². The quantitative estimate of drug-likeness (QED) is 0.412. The largest absolute Gasteiger partial charge is 0.152 e. The third-order valence-electron chi connectivity index (χ3n) is 3.13. The standard InChI is InChI=1S/C13H10.C4H4S.Si/c1-3-7-12-10(5-1)9-11-6-2-4-8-13(11)12;1-2-4-5-3-1;/h1-8H,9H2;1-4H;. The van der Waals surface area contributed by atoms with E-state index in [4.69, 9.17) is 0 Å². The molecule has 3 aromatic rings. The van der Waals surface area contributed by atoms with Crippen molar-refractivity contribution in [3.8, 4) is 11.1 Å². The summed E-state index contributed by atoms with van der Waals surface area (Å²) in [5.74, 6) is 0. The Morgan fingerprint density at radius 2 is 1.11 bits per heavy atom. The Balaban J connectivity index is 0.000000190. The average Bonchev–Trinajstić information content (AvgIpc) is 3.10. The molecule has 0 aliphatic heterocycles. The van der Waals surface area contributed by atoms with Gasteiger partial charge in [-0.3, -0.25) is 0 Å². The van der Waals surface area contributed by atoms with E-state index < -0.39 is 0 Å². The van der Waals surface area contributed by atoms with Gasteiger partial charge in [-0.1, -0.05) is 60.7 Å². The van der Waals surface area contributed by atoms with Crippen LogP contribution >= 0.6 is 11.3 Å². The third-order valence-corrected chi connectivity index (χ3v) is 3.76. The summed E-state index contributed by atoms with van der Waals surface area (Å²) in [5.41, 5.74) is 5.75. The molecule has 1 aromatic heterocycles. The number of hydrogen-bond donors (Lipinski definition) is 0. The molecular formula is C17H14SSi. The van der Waals surface area contributed by atoms with Crippen molar-refractivity contribution in [2.45, 2.75) is 6.42 Å². The van der Waals surface area contributed by atoms with E-state index in [2.05, 4.69) is 48.5 Å². The monoisotopic (exact) mass is 278 g/mol. The van der Waals surface area contributed by atoms with Gasteiger partial charge in [0, 0.05) is 11.0 Å². The Kier molecular flexibility index (Phi) is 4.72. The Morgan fingerprint density at radius 1 is 0.632 bits per heavy atom. The lowest BCUT2D eigenvalue weighted by Crippen LogP contribution is -1.77. The zero-order chi connectivity index (χ0) is 12.2. The highest BCUT2D eigenvalue weighted by molar-refractivity contribution is 7.07. The van der Waals surface area contributed by atoms with Crippen LogP contribution in [0.15, 0.2) is 71.4 Å². The van der Waals surface area contributed by atoms with Gasteiger partial charge in [0.1, 0.15) is 0 Å². The molecule has 2 heteroatoms. The molecule has 1 aliphatic rings. The number of benzene rings is 2. The third kappa shape index (κ3) is 3.03. The molecule has 1 aliphatic carbocycles. The Labute approximate surface area is 122 Å². The first-order valence-corrected chi connectivity index (χ1v) is 7.03. The van der Waals surface area contributed by atoms with Gasteiger partial charge in [0.05, 0.1) is 0 Å². The Bertz CT molecular complexity index is 569. The van der Waals surface area contributed by atoms with Crippen LogP contribution in [0.1, 0.15) is 11.1 Å². The number of thiophene rings is 1. The minimum Gasteiger partial charge on any atom is -0.152 e. The van der Waals surface area contributed by atoms with Gasteiger partial charge < -0.3 is 0 Å². The first-order chi connectivity index (χ1) is 8.95. The predicted octanol–water partition coefficient (Wildman–Crippen LogP) is 4.63. The summed E-state index contributed by atoms with van der Waals surface area (Å²) in [5, 5.41) is 4.08. The molecule has 4 radical (unpaired) electrons. The van der Waals surface area contributed by atoms with Crippen LogP contribution < -0.4 is 0 Å². The van der Waals surface area contributed by atoms with E-state index >= 15 is 0 Å². The smallest absolute Gasteiger partial charge is 0 e. The van der Waals surface area contributed by atoms with Crippen molar-refractivity contribution < 1.29 is 0 Å². The van der Waals surface area contributed by atoms with Crippen LogP contribution in [0.25, 0.3) is 11.1 Å². The van der Waals surface area contributed by atoms with Crippen LogP contribution in [0.4, 0.5) is 0 Å². The van der Waals surface area contributed by atoms with Gasteiger partial charge in [-0.15, -0.1) is 0 Å². The molecule has 0 fully saturated rings. The summed E-state index contributed by atoms with van der Waals surface area (Å²) in [6, 6.07) is 21.3. The molecule has 19 heavy (non-hydrogen) atoms. The molecular weight excluding hydrogens is 264 g/mol. The van der Waals surface area contributed by atoms with Gasteiger partial charge in [-0.05, 0) is 39.4 Å². The van der Waals surface area contributed by atoms with E-state index in [1.165, 1.54) is 22.3 Å². The van der Waals surface area contributed by atoms with E-state index in [-0.39, 0.29) is 11.0 Å². The molecule has 0 N–H and O–H groups in total. The number of hydrogen-bond acceptors (Lipinski definition) is 1. The molecule has 0 bridgehead atoms. The fourth-order valence-corrected chi connectivity index (χ4v) is 2.76. The van der Waals surface area contributed by atoms with Crippen molar-refractivity contribution in [3.63, 3.8) is 0 Å². The van der Waals surface area contributed by atoms with Crippen LogP contribution in [-0.4, -0.2) is 11.0 Å². The maximum atomic E-state index is 2.22. The van der Waals surface area contributed by atoms with Gasteiger partial charge in [-0.25, -0.2) is 0 Å². The van der Waals surface area contributed by atoms with E-state index in [0.717, 1.165) is 6.42 Å². The zero-order valence-electron chi connectivity index (χ0n) is 10.5. The summed E-state index contributed by atoms with van der Waals surface area (Å²) in [7, 11) is 0. The molecule has 92 valence electrons. The highest BCUT2D eigenvalue weighted by atomic mass is 32.1. The van der Waals surface area contributed by atoms with E-state index in [1.54, 1.807) is 11.3 Å². The number of rotatable bonds is 0. The topological polar surface area (TPSA) is 0 Å². The second-order valence-electron chi connectivity index (χ2n) is 4.28. The van der Waals surface area contributed by atoms with Crippen LogP contribution in [0.3, 0.4) is 0 Å². The maximum Gasteiger partial charge on any atom is 0 e. The van der Waals surface area contributed by atoms with Crippen LogP contribution in [0, 0.1) is 0 Å². The van der Waals surface area contributed by atoms with E-state index in [1.807, 2.05) is 22.9 Å². The molecule has 2 aromatic carbocycles. The van der Waals surface area contributed by atoms with Crippen molar-refractivity contribution in [1.82, 2.24) is 0 Å². The first-order valence-electron chi connectivity index (χ1n) is 6.08. The summed E-state index contributed by atoms with van der Waals surface area (Å²) in [4.78, 5) is 0. The lowest BCUT2D eigenvalue weighted by Gasteiger charge is -1.98. The van der Waals surface area contributed by atoms with Gasteiger partial charge in [0.25, 0.3) is 0 Å². The highest BCUT2D eigenvalue weighted by Crippen LogP contribution is 2.35. The van der Waals surface area contributed by atoms with E-state index in [0.29, 0.717) is 0 Å². The minimum absolute atomic E-state index is 0. The van der Waals surface area contributed by atoms with Crippen molar-refractivity contribution in [2.75, 3.05) is 0 Å². The van der Waals surface area contributed by atoms with Gasteiger partial charge >= 0.3 is 0 Å². The fraction of sp³-hybridized carbons (Fsp3) is 0.0588. The van der Waals surface area contributed by atoms with Gasteiger partial charge in [0.15, 0.2) is 0 Å². The van der Waals surface area contributed by atoms with Crippen molar-refractivity contribution in [2.24, 2.45) is 0 Å². The predicted molar refractivity (Wildman–Crippen MR) is 84.8 cm³/mol. The number of fused-ring (bicyclic) bond motifs is 3. The SMILES string of the molecule is [Si].c1ccc2c(c1)Cc1ccccc1-2.c1ccsc1. The van der Waals surface area contributed by atoms with Crippen molar-refractivity contribution in [1.29, 1.82) is 0 Å². The Morgan fingerprint density at radius 3 is 1.53 bits per heavy atom. The zero-order valence-corrected chi connectivity index (χ0v) is 12.4.